The van der Waals surface area contributed by atoms with Crippen LogP contribution in [-0.2, 0) is 6.54 Å². The highest BCUT2D eigenvalue weighted by Crippen LogP contribution is 2.22. The Hall–Kier alpha value is -1.66. The number of rotatable bonds is 4. The van der Waals surface area contributed by atoms with Gasteiger partial charge in [-0.2, -0.15) is 0 Å². The van der Waals surface area contributed by atoms with E-state index in [9.17, 15) is 4.79 Å². The van der Waals surface area contributed by atoms with Gasteiger partial charge in [0.15, 0.2) is 0 Å². The van der Waals surface area contributed by atoms with Gasteiger partial charge < -0.3 is 9.47 Å². The Morgan fingerprint density at radius 2 is 1.96 bits per heavy atom. The predicted octanol–water partition coefficient (Wildman–Crippen LogP) is 3.10. The highest BCUT2D eigenvalue weighted by atomic mass is 32.1. The molecule has 2 aromatic heterocycles. The first-order valence-corrected chi connectivity index (χ1v) is 9.48. The maximum atomic E-state index is 12.9. The van der Waals surface area contributed by atoms with Crippen molar-refractivity contribution in [3.63, 3.8) is 0 Å². The lowest BCUT2D eigenvalue weighted by atomic mass is 10.2. The smallest absolute Gasteiger partial charge is 0.255 e. The minimum absolute atomic E-state index is 0.170. The second-order valence-corrected chi connectivity index (χ2v) is 7.52. The van der Waals surface area contributed by atoms with Crippen LogP contribution in [0.3, 0.4) is 0 Å². The molecule has 2 aromatic rings. The maximum Gasteiger partial charge on any atom is 0.255 e. The Morgan fingerprint density at radius 3 is 2.50 bits per heavy atom. The minimum atomic E-state index is 0.170. The largest absolute Gasteiger partial charge is 0.346 e. The van der Waals surface area contributed by atoms with E-state index in [2.05, 4.69) is 47.5 Å². The summed E-state index contributed by atoms with van der Waals surface area (Å²) in [6.07, 6.45) is 0. The first-order chi connectivity index (χ1) is 11.5. The number of thiazole rings is 1. The summed E-state index contributed by atoms with van der Waals surface area (Å²) in [6, 6.07) is 2.42. The van der Waals surface area contributed by atoms with Gasteiger partial charge in [0.1, 0.15) is 0 Å². The summed E-state index contributed by atoms with van der Waals surface area (Å²) >= 11 is 1.63. The number of aryl methyl sites for hydroxylation is 1. The molecule has 0 radical (unpaired) electrons. The van der Waals surface area contributed by atoms with Gasteiger partial charge in [-0.15, -0.1) is 11.3 Å². The third-order valence-corrected chi connectivity index (χ3v) is 5.40. The highest BCUT2D eigenvalue weighted by molar-refractivity contribution is 7.07. The van der Waals surface area contributed by atoms with E-state index in [1.807, 2.05) is 16.5 Å². The fourth-order valence-corrected chi connectivity index (χ4v) is 4.16. The van der Waals surface area contributed by atoms with E-state index in [-0.39, 0.29) is 5.91 Å². The van der Waals surface area contributed by atoms with Crippen molar-refractivity contribution < 1.29 is 4.79 Å². The summed E-state index contributed by atoms with van der Waals surface area (Å²) < 4.78 is 2.24. The first-order valence-electron chi connectivity index (χ1n) is 8.54. The number of amides is 1. The fourth-order valence-electron chi connectivity index (χ4n) is 3.61. The molecule has 3 rings (SSSR count). The average molecular weight is 347 g/mol. The molecule has 0 spiro atoms. The zero-order chi connectivity index (χ0) is 17.3. The van der Waals surface area contributed by atoms with E-state index >= 15 is 0 Å². The van der Waals surface area contributed by atoms with E-state index in [1.54, 1.807) is 11.3 Å². The molecule has 3 heterocycles. The Bertz CT molecular complexity index is 697. The number of aromatic nitrogens is 2. The Morgan fingerprint density at radius 1 is 1.25 bits per heavy atom. The summed E-state index contributed by atoms with van der Waals surface area (Å²) in [5, 5.41) is 2.10. The summed E-state index contributed by atoms with van der Waals surface area (Å²) in [7, 11) is 0. The molecule has 5 nitrogen and oxygen atoms in total. The second kappa shape index (κ2) is 7.07. The van der Waals surface area contributed by atoms with Crippen molar-refractivity contribution in [2.24, 2.45) is 0 Å². The van der Waals surface area contributed by atoms with Crippen molar-refractivity contribution in [3.05, 3.63) is 39.6 Å². The zero-order valence-electron chi connectivity index (χ0n) is 15.0. The standard InChI is InChI=1S/C18H26N4OS/c1-13(2)22-14(3)9-17(15(22)4)18(23)21-7-5-20(6-8-21)10-16-11-24-12-19-16/h9,11-13H,5-8,10H2,1-4H3. The van der Waals surface area contributed by atoms with Crippen molar-refractivity contribution in [1.29, 1.82) is 0 Å². The van der Waals surface area contributed by atoms with Gasteiger partial charge in [-0.05, 0) is 33.8 Å². The van der Waals surface area contributed by atoms with Crippen molar-refractivity contribution in [3.8, 4) is 0 Å². The molecule has 0 bridgehead atoms. The van der Waals surface area contributed by atoms with Gasteiger partial charge >= 0.3 is 0 Å². The number of nitrogens with zero attached hydrogens (tertiary/aromatic N) is 4. The Labute approximate surface area is 147 Å². The van der Waals surface area contributed by atoms with Crippen LogP contribution >= 0.6 is 11.3 Å². The van der Waals surface area contributed by atoms with Gasteiger partial charge in [-0.3, -0.25) is 9.69 Å². The first kappa shape index (κ1) is 17.2. The van der Waals surface area contributed by atoms with Crippen molar-refractivity contribution in [1.82, 2.24) is 19.4 Å². The molecular formula is C18H26N4OS. The van der Waals surface area contributed by atoms with E-state index in [4.69, 9.17) is 0 Å². The number of carbonyl (C=O) groups is 1. The van der Waals surface area contributed by atoms with Crippen LogP contribution in [0.5, 0.6) is 0 Å². The van der Waals surface area contributed by atoms with Crippen LogP contribution in [0, 0.1) is 13.8 Å². The molecule has 1 aliphatic rings. The molecule has 0 N–H and O–H groups in total. The van der Waals surface area contributed by atoms with Gasteiger partial charge in [0.25, 0.3) is 5.91 Å². The average Bonchev–Trinajstić information content (AvgIpc) is 3.15. The number of carbonyl (C=O) groups excluding carboxylic acids is 1. The molecule has 0 atom stereocenters. The van der Waals surface area contributed by atoms with Crippen LogP contribution in [0.4, 0.5) is 0 Å². The lowest BCUT2D eigenvalue weighted by molar-refractivity contribution is 0.0626. The van der Waals surface area contributed by atoms with Gasteiger partial charge in [0.2, 0.25) is 0 Å². The molecule has 0 unspecified atom stereocenters. The molecule has 1 aliphatic heterocycles. The van der Waals surface area contributed by atoms with Gasteiger partial charge in [-0.25, -0.2) is 4.98 Å². The van der Waals surface area contributed by atoms with Crippen LogP contribution in [0.1, 0.15) is 47.3 Å². The minimum Gasteiger partial charge on any atom is -0.346 e. The van der Waals surface area contributed by atoms with E-state index in [1.165, 1.54) is 0 Å². The maximum absolute atomic E-state index is 12.9. The molecule has 0 aliphatic carbocycles. The zero-order valence-corrected chi connectivity index (χ0v) is 15.8. The summed E-state index contributed by atoms with van der Waals surface area (Å²) in [4.78, 5) is 21.6. The van der Waals surface area contributed by atoms with Gasteiger partial charge in [0.05, 0.1) is 16.8 Å². The molecular weight excluding hydrogens is 320 g/mol. The van der Waals surface area contributed by atoms with Crippen LogP contribution in [0.15, 0.2) is 17.0 Å². The van der Waals surface area contributed by atoms with E-state index in [0.717, 1.165) is 55.4 Å². The number of piperazine rings is 1. The van der Waals surface area contributed by atoms with Crippen molar-refractivity contribution in [2.45, 2.75) is 40.3 Å². The van der Waals surface area contributed by atoms with Crippen molar-refractivity contribution >= 4 is 17.2 Å². The Balaban J connectivity index is 1.64. The van der Waals surface area contributed by atoms with E-state index in [0.29, 0.717) is 6.04 Å². The SMILES string of the molecule is Cc1cc(C(=O)N2CCN(Cc3cscn3)CC2)c(C)n1C(C)C. The molecule has 1 amide bonds. The highest BCUT2D eigenvalue weighted by Gasteiger charge is 2.25. The number of hydrogen-bond acceptors (Lipinski definition) is 4. The molecule has 1 fully saturated rings. The summed E-state index contributed by atoms with van der Waals surface area (Å²) in [5.74, 6) is 0.170. The van der Waals surface area contributed by atoms with Crippen LogP contribution in [0.25, 0.3) is 0 Å². The summed E-state index contributed by atoms with van der Waals surface area (Å²) in [5.41, 5.74) is 6.10. The Kier molecular flexibility index (Phi) is 5.06. The monoisotopic (exact) mass is 346 g/mol. The van der Waals surface area contributed by atoms with E-state index < -0.39 is 0 Å². The van der Waals surface area contributed by atoms with Gasteiger partial charge in [-0.1, -0.05) is 0 Å². The van der Waals surface area contributed by atoms with Crippen LogP contribution in [-0.4, -0.2) is 51.4 Å². The second-order valence-electron chi connectivity index (χ2n) is 6.80. The topological polar surface area (TPSA) is 41.4 Å². The molecule has 0 aromatic carbocycles. The lowest BCUT2D eigenvalue weighted by Gasteiger charge is -2.34. The number of hydrogen-bond donors (Lipinski definition) is 0. The molecule has 130 valence electrons. The molecule has 0 saturated carbocycles. The molecule has 1 saturated heterocycles. The normalized spacial score (nSPS) is 16.1. The quantitative estimate of drug-likeness (QED) is 0.854. The molecule has 24 heavy (non-hydrogen) atoms. The third-order valence-electron chi connectivity index (χ3n) is 4.76. The predicted molar refractivity (Wildman–Crippen MR) is 97.6 cm³/mol. The molecule has 6 heteroatoms. The van der Waals surface area contributed by atoms with Crippen LogP contribution in [0.2, 0.25) is 0 Å². The fraction of sp³-hybridized carbons (Fsp3) is 0.556. The lowest BCUT2D eigenvalue weighted by Crippen LogP contribution is -2.48. The van der Waals surface area contributed by atoms with Gasteiger partial charge in [0, 0.05) is 55.5 Å². The summed E-state index contributed by atoms with van der Waals surface area (Å²) in [6.45, 7) is 12.7. The van der Waals surface area contributed by atoms with Crippen molar-refractivity contribution in [2.75, 3.05) is 26.2 Å². The third kappa shape index (κ3) is 3.39. The van der Waals surface area contributed by atoms with Crippen LogP contribution < -0.4 is 0 Å².